The predicted molar refractivity (Wildman–Crippen MR) is 127 cm³/mol. The average Bonchev–Trinajstić information content (AvgIpc) is 3.30. The third-order valence-electron chi connectivity index (χ3n) is 6.56. The van der Waals surface area contributed by atoms with Gasteiger partial charge in [0.05, 0.1) is 23.4 Å². The van der Waals surface area contributed by atoms with Crippen molar-refractivity contribution in [3.05, 3.63) is 54.9 Å². The molecule has 1 N–H and O–H groups in total. The van der Waals surface area contributed by atoms with Crippen LogP contribution in [-0.2, 0) is 4.79 Å². The lowest BCUT2D eigenvalue weighted by Gasteiger charge is -2.35. The van der Waals surface area contributed by atoms with E-state index in [9.17, 15) is 4.79 Å². The number of rotatable bonds is 5. The minimum Gasteiger partial charge on any atom is -0.350 e. The van der Waals surface area contributed by atoms with Gasteiger partial charge in [-0.15, -0.1) is 0 Å². The van der Waals surface area contributed by atoms with Crippen molar-refractivity contribution in [2.24, 2.45) is 0 Å². The van der Waals surface area contributed by atoms with Crippen molar-refractivity contribution >= 4 is 23.3 Å². The number of fused-ring (bicyclic) bond motifs is 1. The molecule has 3 aromatic heterocycles. The quantitative estimate of drug-likeness (QED) is 0.602. The fourth-order valence-electron chi connectivity index (χ4n) is 4.95. The third-order valence-corrected chi connectivity index (χ3v) is 6.56. The molecule has 0 saturated carbocycles. The molecule has 0 radical (unpaired) electrons. The van der Waals surface area contributed by atoms with Crippen LogP contribution in [0.3, 0.4) is 0 Å². The Hall–Kier alpha value is -3.49. The van der Waals surface area contributed by atoms with Crippen LogP contribution in [0.2, 0.25) is 0 Å². The molecule has 9 heteroatoms. The summed E-state index contributed by atoms with van der Waals surface area (Å²) in [6.45, 7) is 8.16. The van der Waals surface area contributed by atoms with Crippen LogP contribution in [-0.4, -0.2) is 60.8 Å². The van der Waals surface area contributed by atoms with E-state index in [0.29, 0.717) is 5.95 Å². The second kappa shape index (κ2) is 9.17. The highest BCUT2D eigenvalue weighted by Gasteiger charge is 2.30. The van der Waals surface area contributed by atoms with Gasteiger partial charge in [0.2, 0.25) is 17.8 Å². The van der Waals surface area contributed by atoms with Crippen LogP contribution in [0.15, 0.2) is 43.6 Å². The van der Waals surface area contributed by atoms with Gasteiger partial charge in [-0.2, -0.15) is 0 Å². The van der Waals surface area contributed by atoms with Gasteiger partial charge in [0.15, 0.2) is 0 Å². The number of carbonyl (C=O) groups is 1. The number of nitrogens with zero attached hydrogens (tertiary/aromatic N) is 7. The van der Waals surface area contributed by atoms with Gasteiger partial charge in [-0.25, -0.2) is 15.0 Å². The minimum absolute atomic E-state index is 0.0356. The number of nitrogens with one attached hydrogen (secondary N) is 1. The van der Waals surface area contributed by atoms with Crippen molar-refractivity contribution in [3.63, 3.8) is 0 Å². The van der Waals surface area contributed by atoms with Crippen LogP contribution in [0.5, 0.6) is 0 Å². The first-order chi connectivity index (χ1) is 16.1. The van der Waals surface area contributed by atoms with E-state index < -0.39 is 0 Å². The lowest BCUT2D eigenvalue weighted by molar-refractivity contribution is -0.129. The van der Waals surface area contributed by atoms with E-state index >= 15 is 0 Å². The third kappa shape index (κ3) is 4.27. The summed E-state index contributed by atoms with van der Waals surface area (Å²) in [5.74, 6) is 1.53. The first-order valence-electron chi connectivity index (χ1n) is 11.7. The fraction of sp³-hybridized carbons (Fsp3) is 0.458. The summed E-state index contributed by atoms with van der Waals surface area (Å²) in [5, 5.41) is 3.47. The molecular formula is C24H30N8O. The fourth-order valence-corrected chi connectivity index (χ4v) is 4.95. The molecular weight excluding hydrogens is 416 g/mol. The summed E-state index contributed by atoms with van der Waals surface area (Å²) in [6.07, 6.45) is 15.8. The summed E-state index contributed by atoms with van der Waals surface area (Å²) in [5.41, 5.74) is 2.91. The van der Waals surface area contributed by atoms with Gasteiger partial charge in [-0.05, 0) is 50.7 Å². The molecule has 0 aromatic carbocycles. The molecule has 2 saturated heterocycles. The van der Waals surface area contributed by atoms with Gasteiger partial charge in [0, 0.05) is 50.5 Å². The monoisotopic (exact) mass is 446 g/mol. The molecule has 1 unspecified atom stereocenters. The zero-order valence-corrected chi connectivity index (χ0v) is 19.0. The van der Waals surface area contributed by atoms with Gasteiger partial charge >= 0.3 is 0 Å². The van der Waals surface area contributed by atoms with Gasteiger partial charge in [-0.3, -0.25) is 14.2 Å². The lowest BCUT2D eigenvalue weighted by Crippen LogP contribution is -2.43. The van der Waals surface area contributed by atoms with Crippen LogP contribution in [0.1, 0.15) is 49.4 Å². The number of carbonyl (C=O) groups excluding carboxylic acids is 1. The van der Waals surface area contributed by atoms with Crippen molar-refractivity contribution in [2.45, 2.75) is 51.1 Å². The number of imidazole rings is 1. The number of hydrogen-bond acceptors (Lipinski definition) is 7. The van der Waals surface area contributed by atoms with Gasteiger partial charge < -0.3 is 15.1 Å². The standard InChI is InChI=1S/C24H30N8O/c1-3-21(33)31-11-5-4-8-19(31)22-20-15-28-24(32(20)12-9-25-22)30-10-6-7-18(16-30)29-23-26-13-17(2)14-27-23/h3,9,12-15,18-19H,1,4-8,10-11,16H2,2H3,(H,26,27,29)/t18-,19?/m1/s1. The number of amides is 1. The minimum atomic E-state index is -0.0491. The van der Waals surface area contributed by atoms with Crippen molar-refractivity contribution < 1.29 is 4.79 Å². The molecule has 0 bridgehead atoms. The molecule has 9 nitrogen and oxygen atoms in total. The maximum Gasteiger partial charge on any atom is 0.246 e. The number of aryl methyl sites for hydroxylation is 1. The Bertz CT molecular complexity index is 1140. The number of piperidine rings is 2. The van der Waals surface area contributed by atoms with Crippen molar-refractivity contribution in [1.29, 1.82) is 0 Å². The highest BCUT2D eigenvalue weighted by Crippen LogP contribution is 2.33. The Labute approximate surface area is 193 Å². The lowest BCUT2D eigenvalue weighted by atomic mass is 9.98. The van der Waals surface area contributed by atoms with Crippen LogP contribution >= 0.6 is 0 Å². The largest absolute Gasteiger partial charge is 0.350 e. The summed E-state index contributed by atoms with van der Waals surface area (Å²) >= 11 is 0. The van der Waals surface area contributed by atoms with Crippen molar-refractivity contribution in [2.75, 3.05) is 29.9 Å². The summed E-state index contributed by atoms with van der Waals surface area (Å²) < 4.78 is 2.11. The first-order valence-corrected chi connectivity index (χ1v) is 11.7. The van der Waals surface area contributed by atoms with E-state index in [2.05, 4.69) is 31.2 Å². The number of anilines is 2. The maximum absolute atomic E-state index is 12.5. The second-order valence-corrected chi connectivity index (χ2v) is 8.89. The number of likely N-dealkylation sites (tertiary alicyclic amines) is 1. The molecule has 5 heterocycles. The van der Waals surface area contributed by atoms with Crippen LogP contribution in [0.4, 0.5) is 11.9 Å². The highest BCUT2D eigenvalue weighted by molar-refractivity contribution is 5.87. The van der Waals surface area contributed by atoms with Crippen LogP contribution < -0.4 is 10.2 Å². The molecule has 2 atom stereocenters. The molecule has 3 aromatic rings. The average molecular weight is 447 g/mol. The van der Waals surface area contributed by atoms with Gasteiger partial charge in [-0.1, -0.05) is 6.58 Å². The number of aromatic nitrogens is 5. The van der Waals surface area contributed by atoms with Crippen LogP contribution in [0, 0.1) is 6.92 Å². The number of hydrogen-bond donors (Lipinski definition) is 1. The zero-order chi connectivity index (χ0) is 22.8. The molecule has 0 spiro atoms. The van der Waals surface area contributed by atoms with E-state index in [1.807, 2.05) is 42.8 Å². The Morgan fingerprint density at radius 2 is 1.94 bits per heavy atom. The summed E-state index contributed by atoms with van der Waals surface area (Å²) in [4.78, 5) is 34.9. The smallest absolute Gasteiger partial charge is 0.246 e. The van der Waals surface area contributed by atoms with E-state index in [0.717, 1.165) is 74.5 Å². The van der Waals surface area contributed by atoms with Gasteiger partial charge in [0.25, 0.3) is 0 Å². The first kappa shape index (κ1) is 21.4. The molecule has 172 valence electrons. The van der Waals surface area contributed by atoms with Crippen molar-refractivity contribution in [1.82, 2.24) is 29.2 Å². The SMILES string of the molecule is C=CC(=O)N1CCCCC1c1nccn2c(N3CCC[C@@H](Nc4ncc(C)cn4)C3)ncc12. The molecule has 2 aliphatic heterocycles. The molecule has 33 heavy (non-hydrogen) atoms. The predicted octanol–water partition coefficient (Wildman–Crippen LogP) is 3.15. The summed E-state index contributed by atoms with van der Waals surface area (Å²) in [7, 11) is 0. The Kier molecular flexibility index (Phi) is 5.93. The Balaban J connectivity index is 1.40. The molecule has 2 aliphatic rings. The highest BCUT2D eigenvalue weighted by atomic mass is 16.2. The Morgan fingerprint density at radius 3 is 2.76 bits per heavy atom. The second-order valence-electron chi connectivity index (χ2n) is 8.89. The molecule has 2 fully saturated rings. The van der Waals surface area contributed by atoms with E-state index in [1.165, 1.54) is 6.08 Å². The van der Waals surface area contributed by atoms with Gasteiger partial charge in [0.1, 0.15) is 0 Å². The van der Waals surface area contributed by atoms with E-state index in [1.54, 1.807) is 0 Å². The molecule has 5 rings (SSSR count). The van der Waals surface area contributed by atoms with E-state index in [-0.39, 0.29) is 18.0 Å². The summed E-state index contributed by atoms with van der Waals surface area (Å²) in [6, 6.07) is 0.195. The Morgan fingerprint density at radius 1 is 1.09 bits per heavy atom. The topological polar surface area (TPSA) is 91.6 Å². The molecule has 0 aliphatic carbocycles. The van der Waals surface area contributed by atoms with E-state index in [4.69, 9.17) is 9.97 Å². The maximum atomic E-state index is 12.5. The zero-order valence-electron chi connectivity index (χ0n) is 19.0. The normalized spacial score (nSPS) is 21.2. The van der Waals surface area contributed by atoms with Crippen LogP contribution in [0.25, 0.3) is 5.52 Å². The molecule has 1 amide bonds. The van der Waals surface area contributed by atoms with Crippen molar-refractivity contribution in [3.8, 4) is 0 Å².